The van der Waals surface area contributed by atoms with Gasteiger partial charge in [-0.3, -0.25) is 0 Å². The monoisotopic (exact) mass is 315 g/mol. The number of rotatable bonds is 5. The van der Waals surface area contributed by atoms with Crippen LogP contribution in [0, 0.1) is 0 Å². The number of carbonyl (C=O) groups is 1. The van der Waals surface area contributed by atoms with Crippen LogP contribution in [-0.2, 0) is 20.5 Å². The number of carbonyl (C=O) groups excluding carboxylic acids is 1. The van der Waals surface area contributed by atoms with Gasteiger partial charge >= 0.3 is 12.1 Å². The topological polar surface area (TPSA) is 55.4 Å². The second kappa shape index (κ2) is 6.71. The number of nitrogens with one attached hydrogen (secondary N) is 1. The molecule has 1 N–H and O–H groups in total. The molecular formula is C12H20F3NO3S. The van der Waals surface area contributed by atoms with Crippen LogP contribution < -0.4 is 4.72 Å². The van der Waals surface area contributed by atoms with E-state index in [4.69, 9.17) is 0 Å². The Kier molecular flexibility index (Phi) is 6.41. The highest BCUT2D eigenvalue weighted by molar-refractivity contribution is 7.84. The summed E-state index contributed by atoms with van der Waals surface area (Å²) in [5.74, 6) is -1.17. The molecule has 0 amide bonds. The summed E-state index contributed by atoms with van der Waals surface area (Å²) in [6, 6.07) is -2.41. The zero-order valence-corrected chi connectivity index (χ0v) is 12.9. The fraction of sp³-hybridized carbons (Fsp3) is 0.750. The van der Waals surface area contributed by atoms with E-state index in [1.54, 1.807) is 0 Å². The molecule has 0 aliphatic rings. The quantitative estimate of drug-likeness (QED) is 0.626. The molecule has 0 rings (SSSR count). The van der Waals surface area contributed by atoms with Crippen molar-refractivity contribution in [3.8, 4) is 0 Å². The summed E-state index contributed by atoms with van der Waals surface area (Å²) in [6.45, 7) is 10.7. The lowest BCUT2D eigenvalue weighted by molar-refractivity contribution is -0.156. The molecule has 118 valence electrons. The molecule has 0 aromatic rings. The van der Waals surface area contributed by atoms with Crippen LogP contribution in [0.3, 0.4) is 0 Å². The van der Waals surface area contributed by atoms with Crippen molar-refractivity contribution < 1.29 is 26.9 Å². The number of hydrogen-bond acceptors (Lipinski definition) is 3. The highest BCUT2D eigenvalue weighted by Crippen LogP contribution is 2.27. The van der Waals surface area contributed by atoms with Crippen molar-refractivity contribution >= 4 is 17.0 Å². The minimum atomic E-state index is -4.80. The van der Waals surface area contributed by atoms with Crippen LogP contribution in [0.25, 0.3) is 0 Å². The Morgan fingerprint density at radius 2 is 1.70 bits per heavy atom. The molecule has 0 saturated carbocycles. The fourth-order valence-electron chi connectivity index (χ4n) is 1.03. The van der Waals surface area contributed by atoms with Crippen LogP contribution in [-0.4, -0.2) is 33.2 Å². The van der Waals surface area contributed by atoms with Crippen molar-refractivity contribution in [1.29, 1.82) is 0 Å². The predicted octanol–water partition coefficient (Wildman–Crippen LogP) is 2.48. The minimum Gasteiger partial charge on any atom is -0.460 e. The Balaban J connectivity index is 5.15. The molecule has 0 bridgehead atoms. The van der Waals surface area contributed by atoms with Crippen molar-refractivity contribution in [2.45, 2.75) is 57.7 Å². The molecule has 20 heavy (non-hydrogen) atoms. The van der Waals surface area contributed by atoms with E-state index < -0.39 is 45.6 Å². The molecule has 0 saturated heterocycles. The Labute approximate surface area is 119 Å². The van der Waals surface area contributed by atoms with Crippen LogP contribution in [0.1, 0.15) is 34.6 Å². The molecule has 0 aromatic carbocycles. The van der Waals surface area contributed by atoms with Gasteiger partial charge in [-0.15, -0.1) is 0 Å². The normalized spacial score (nSPS) is 15.8. The molecule has 0 unspecified atom stereocenters. The fourth-order valence-corrected chi connectivity index (χ4v) is 1.87. The van der Waals surface area contributed by atoms with E-state index in [0.717, 1.165) is 0 Å². The Morgan fingerprint density at radius 1 is 1.25 bits per heavy atom. The molecule has 8 heteroatoms. The first-order valence-electron chi connectivity index (χ1n) is 5.91. The van der Waals surface area contributed by atoms with Gasteiger partial charge in [-0.05, 0) is 34.6 Å². The van der Waals surface area contributed by atoms with Crippen LogP contribution in [0.5, 0.6) is 0 Å². The lowest BCUT2D eigenvalue weighted by Crippen LogP contribution is -2.49. The molecule has 0 aromatic heterocycles. The van der Waals surface area contributed by atoms with Gasteiger partial charge in [0.15, 0.2) is 0 Å². The Hall–Kier alpha value is -0.890. The van der Waals surface area contributed by atoms with Gasteiger partial charge in [0, 0.05) is 0 Å². The van der Waals surface area contributed by atoms with Crippen molar-refractivity contribution in [3.05, 3.63) is 12.2 Å². The summed E-state index contributed by atoms with van der Waals surface area (Å²) in [4.78, 5) is 11.5. The van der Waals surface area contributed by atoms with Gasteiger partial charge < -0.3 is 4.74 Å². The van der Waals surface area contributed by atoms with E-state index in [1.807, 2.05) is 4.72 Å². The molecule has 0 radical (unpaired) electrons. The van der Waals surface area contributed by atoms with Crippen LogP contribution in [0.4, 0.5) is 13.2 Å². The smallest absolute Gasteiger partial charge is 0.409 e. The third-order valence-electron chi connectivity index (χ3n) is 2.06. The lowest BCUT2D eigenvalue weighted by Gasteiger charge is -2.26. The van der Waals surface area contributed by atoms with E-state index in [2.05, 4.69) is 11.3 Å². The van der Waals surface area contributed by atoms with Gasteiger partial charge in [-0.25, -0.2) is 13.7 Å². The molecule has 0 aliphatic heterocycles. The van der Waals surface area contributed by atoms with Gasteiger partial charge in [-0.1, -0.05) is 6.58 Å². The summed E-state index contributed by atoms with van der Waals surface area (Å²) in [7, 11) is -2.00. The van der Waals surface area contributed by atoms with E-state index in [1.165, 1.54) is 34.6 Å². The number of esters is 1. The number of hydrogen-bond donors (Lipinski definition) is 1. The minimum absolute atomic E-state index is 0.568. The maximum absolute atomic E-state index is 13.0. The number of ether oxygens (including phenoxy) is 1. The predicted molar refractivity (Wildman–Crippen MR) is 71.2 cm³/mol. The van der Waals surface area contributed by atoms with Crippen LogP contribution in [0.15, 0.2) is 12.2 Å². The summed E-state index contributed by atoms with van der Waals surface area (Å²) >= 11 is 0. The first kappa shape index (κ1) is 19.1. The zero-order valence-electron chi connectivity index (χ0n) is 12.1. The van der Waals surface area contributed by atoms with E-state index in [-0.39, 0.29) is 0 Å². The van der Waals surface area contributed by atoms with Crippen molar-refractivity contribution in [3.63, 3.8) is 0 Å². The van der Waals surface area contributed by atoms with Gasteiger partial charge in [0.2, 0.25) is 0 Å². The first-order chi connectivity index (χ1) is 8.76. The standard InChI is InChI=1S/C12H20F3NO3S/c1-7(2)19-10(17)8(3)9(12(13,14)15)16-20(18)11(4,5)6/h7,9,16H,3H2,1-2,4-6H3/t9-,20-/m1/s1. The number of halogens is 3. The average Bonchev–Trinajstić information content (AvgIpc) is 2.20. The van der Waals surface area contributed by atoms with E-state index >= 15 is 0 Å². The summed E-state index contributed by atoms with van der Waals surface area (Å²) in [5, 5.41) is 0. The number of alkyl halides is 3. The molecule has 2 atom stereocenters. The summed E-state index contributed by atoms with van der Waals surface area (Å²) < 4.78 is 56.3. The highest BCUT2D eigenvalue weighted by atomic mass is 32.2. The third-order valence-corrected chi connectivity index (χ3v) is 3.62. The van der Waals surface area contributed by atoms with Crippen LogP contribution >= 0.6 is 0 Å². The molecule has 4 nitrogen and oxygen atoms in total. The molecule has 0 spiro atoms. The summed E-state index contributed by atoms with van der Waals surface area (Å²) in [5.41, 5.74) is -0.816. The summed E-state index contributed by atoms with van der Waals surface area (Å²) in [6.07, 6.45) is -5.37. The lowest BCUT2D eigenvalue weighted by atomic mass is 10.1. The second-order valence-electron chi connectivity index (χ2n) is 5.45. The van der Waals surface area contributed by atoms with Gasteiger partial charge in [0.25, 0.3) is 0 Å². The van der Waals surface area contributed by atoms with Gasteiger partial charge in [0.05, 0.1) is 27.4 Å². The molecular weight excluding hydrogens is 295 g/mol. The molecule has 0 heterocycles. The average molecular weight is 315 g/mol. The molecule has 0 fully saturated rings. The van der Waals surface area contributed by atoms with E-state index in [0.29, 0.717) is 0 Å². The van der Waals surface area contributed by atoms with Crippen molar-refractivity contribution in [2.24, 2.45) is 0 Å². The van der Waals surface area contributed by atoms with Crippen molar-refractivity contribution in [1.82, 2.24) is 4.72 Å². The Morgan fingerprint density at radius 3 is 2.00 bits per heavy atom. The molecule has 0 aliphatic carbocycles. The van der Waals surface area contributed by atoms with Gasteiger partial charge in [-0.2, -0.15) is 13.2 Å². The van der Waals surface area contributed by atoms with Crippen molar-refractivity contribution in [2.75, 3.05) is 0 Å². The maximum Gasteiger partial charge on any atom is 0.409 e. The van der Waals surface area contributed by atoms with Crippen LogP contribution in [0.2, 0.25) is 0 Å². The highest BCUT2D eigenvalue weighted by Gasteiger charge is 2.46. The third kappa shape index (κ3) is 6.04. The first-order valence-corrected chi connectivity index (χ1v) is 7.06. The SMILES string of the molecule is C=C(C(=O)OC(C)C)[C@@H](N[S@](=O)C(C)(C)C)C(F)(F)F. The Bertz CT molecular complexity index is 400. The second-order valence-corrected chi connectivity index (χ2v) is 7.45. The van der Waals surface area contributed by atoms with Gasteiger partial charge in [0.1, 0.15) is 6.04 Å². The maximum atomic E-state index is 13.0. The van der Waals surface area contributed by atoms with E-state index in [9.17, 15) is 22.2 Å². The zero-order chi connectivity index (χ0) is 16.3. The largest absolute Gasteiger partial charge is 0.460 e.